The molecule has 2 amide bonds. The number of fused-ring (bicyclic) bond motifs is 1. The fraction of sp³-hybridized carbons (Fsp3) is 0.394. The topological polar surface area (TPSA) is 70.7 Å². The van der Waals surface area contributed by atoms with Crippen LogP contribution in [0.25, 0.3) is 0 Å². The molecule has 3 aromatic rings. The number of nitrogens with one attached hydrogen (secondary N) is 2. The van der Waals surface area contributed by atoms with Crippen LogP contribution in [0.2, 0.25) is 0 Å². The zero-order valence-electron chi connectivity index (χ0n) is 23.5. The van der Waals surface area contributed by atoms with Crippen LogP contribution in [0.1, 0.15) is 67.4 Å². The van der Waals surface area contributed by atoms with Gasteiger partial charge in [0.15, 0.2) is 6.61 Å². The highest BCUT2D eigenvalue weighted by atomic mass is 19.1. The van der Waals surface area contributed by atoms with Crippen molar-refractivity contribution in [1.29, 1.82) is 0 Å². The van der Waals surface area contributed by atoms with Gasteiger partial charge in [-0.3, -0.25) is 9.59 Å². The zero-order chi connectivity index (χ0) is 28.4. The van der Waals surface area contributed by atoms with Crippen molar-refractivity contribution in [3.8, 4) is 5.75 Å². The van der Waals surface area contributed by atoms with E-state index in [9.17, 15) is 14.0 Å². The lowest BCUT2D eigenvalue weighted by Crippen LogP contribution is -2.38. The third-order valence-corrected chi connectivity index (χ3v) is 7.38. The van der Waals surface area contributed by atoms with Crippen LogP contribution in [0.4, 0.5) is 10.1 Å². The normalized spacial score (nSPS) is 14.8. The lowest BCUT2D eigenvalue weighted by Gasteiger charge is -2.27. The molecule has 0 bridgehead atoms. The number of rotatable bonds is 7. The predicted molar refractivity (Wildman–Crippen MR) is 157 cm³/mol. The maximum atomic E-state index is 14.4. The molecule has 0 spiro atoms. The molecule has 0 atom stereocenters. The van der Waals surface area contributed by atoms with E-state index in [-0.39, 0.29) is 30.8 Å². The molecule has 0 aromatic heterocycles. The van der Waals surface area contributed by atoms with Crippen LogP contribution >= 0.6 is 0 Å². The van der Waals surface area contributed by atoms with Gasteiger partial charge in [-0.05, 0) is 66.9 Å². The zero-order valence-corrected chi connectivity index (χ0v) is 23.5. The van der Waals surface area contributed by atoms with Gasteiger partial charge in [-0.1, -0.05) is 69.5 Å². The summed E-state index contributed by atoms with van der Waals surface area (Å²) >= 11 is 0. The van der Waals surface area contributed by atoms with E-state index in [1.165, 1.54) is 6.07 Å². The summed E-state index contributed by atoms with van der Waals surface area (Å²) in [6.07, 6.45) is 5.33. The lowest BCUT2D eigenvalue weighted by molar-refractivity contribution is -0.120. The Morgan fingerprint density at radius 3 is 2.48 bits per heavy atom. The maximum absolute atomic E-state index is 14.4. The molecule has 7 heteroatoms. The number of benzene rings is 3. The van der Waals surface area contributed by atoms with Crippen LogP contribution in [0, 0.1) is 5.82 Å². The Balaban J connectivity index is 1.53. The number of anilines is 1. The summed E-state index contributed by atoms with van der Waals surface area (Å²) in [6, 6.07) is 21.5. The monoisotopic (exact) mass is 545 g/mol. The van der Waals surface area contributed by atoms with E-state index in [0.29, 0.717) is 30.0 Å². The van der Waals surface area contributed by atoms with Crippen LogP contribution < -0.4 is 20.3 Å². The Kier molecular flexibility index (Phi) is 10.3. The van der Waals surface area contributed by atoms with E-state index in [0.717, 1.165) is 49.9 Å². The summed E-state index contributed by atoms with van der Waals surface area (Å²) in [5.74, 6) is 0.0145. The highest BCUT2D eigenvalue weighted by molar-refractivity contribution is 5.98. The van der Waals surface area contributed by atoms with Gasteiger partial charge in [0, 0.05) is 36.3 Å². The van der Waals surface area contributed by atoms with Crippen molar-refractivity contribution in [1.82, 2.24) is 10.6 Å². The Bertz CT molecular complexity index is 1280. The van der Waals surface area contributed by atoms with Crippen molar-refractivity contribution in [2.45, 2.75) is 57.9 Å². The molecule has 2 N–H and O–H groups in total. The number of carbonyl (C=O) groups excluding carboxylic acids is 2. The number of nitrogens with zero attached hydrogens (tertiary/aromatic N) is 1. The smallest absolute Gasteiger partial charge is 0.264 e. The number of halogens is 1. The van der Waals surface area contributed by atoms with Gasteiger partial charge in [-0.2, -0.15) is 0 Å². The SMILES string of the molecule is CC(C)(CNC(=O)c1ccc2c(c1)CNCCCCCCCN2C(=O)COc1ccccc1)c1ccccc1F. The highest BCUT2D eigenvalue weighted by Gasteiger charge is 2.26. The van der Waals surface area contributed by atoms with Crippen molar-refractivity contribution in [3.63, 3.8) is 0 Å². The Labute approximate surface area is 236 Å². The van der Waals surface area contributed by atoms with Gasteiger partial charge >= 0.3 is 0 Å². The molecule has 0 unspecified atom stereocenters. The molecule has 212 valence electrons. The molecule has 0 aliphatic carbocycles. The van der Waals surface area contributed by atoms with E-state index in [1.54, 1.807) is 29.2 Å². The van der Waals surface area contributed by atoms with Gasteiger partial charge < -0.3 is 20.3 Å². The molecule has 0 fully saturated rings. The van der Waals surface area contributed by atoms with Crippen molar-refractivity contribution in [3.05, 3.63) is 95.3 Å². The molecule has 0 saturated heterocycles. The number of para-hydroxylation sites is 1. The number of hydrogen-bond donors (Lipinski definition) is 2. The number of hydrogen-bond acceptors (Lipinski definition) is 4. The molecule has 3 aromatic carbocycles. The predicted octanol–water partition coefficient (Wildman–Crippen LogP) is 6.00. The van der Waals surface area contributed by atoms with Crippen LogP contribution in [0.15, 0.2) is 72.8 Å². The summed E-state index contributed by atoms with van der Waals surface area (Å²) in [6.45, 7) is 6.04. The maximum Gasteiger partial charge on any atom is 0.264 e. The average molecular weight is 546 g/mol. The fourth-order valence-electron chi connectivity index (χ4n) is 5.03. The van der Waals surface area contributed by atoms with Gasteiger partial charge in [0.1, 0.15) is 11.6 Å². The fourth-order valence-corrected chi connectivity index (χ4v) is 5.03. The molecular weight excluding hydrogens is 505 g/mol. The standard InChI is InChI=1S/C33H40FN3O3/c1-33(2,28-15-9-10-16-29(28)34)24-36-32(39)25-17-18-30-26(21-25)22-35-19-11-4-3-5-12-20-37(30)31(38)23-40-27-13-7-6-8-14-27/h6-10,13-18,21,35H,3-5,11-12,19-20,22-24H2,1-2H3,(H,36,39). The summed E-state index contributed by atoms with van der Waals surface area (Å²) in [5.41, 5.74) is 2.16. The Morgan fingerprint density at radius 1 is 0.950 bits per heavy atom. The first-order chi connectivity index (χ1) is 19.3. The molecule has 40 heavy (non-hydrogen) atoms. The van der Waals surface area contributed by atoms with Gasteiger partial charge in [0.05, 0.1) is 0 Å². The molecule has 1 aliphatic heterocycles. The van der Waals surface area contributed by atoms with E-state index in [1.807, 2.05) is 56.3 Å². The van der Waals surface area contributed by atoms with Gasteiger partial charge in [0.25, 0.3) is 11.8 Å². The van der Waals surface area contributed by atoms with E-state index in [2.05, 4.69) is 10.6 Å². The van der Waals surface area contributed by atoms with Gasteiger partial charge in [-0.25, -0.2) is 4.39 Å². The Hall–Kier alpha value is -3.71. The first kappa shape index (κ1) is 29.3. The second-order valence-corrected chi connectivity index (χ2v) is 11.0. The van der Waals surface area contributed by atoms with Crippen molar-refractivity contribution in [2.75, 3.05) is 31.1 Å². The molecule has 1 aliphatic rings. The summed E-state index contributed by atoms with van der Waals surface area (Å²) in [4.78, 5) is 28.4. The van der Waals surface area contributed by atoms with Crippen LogP contribution in [-0.2, 0) is 16.8 Å². The van der Waals surface area contributed by atoms with E-state index >= 15 is 0 Å². The first-order valence-corrected chi connectivity index (χ1v) is 14.2. The molecule has 0 saturated carbocycles. The molecular formula is C33H40FN3O3. The molecule has 4 rings (SSSR count). The summed E-state index contributed by atoms with van der Waals surface area (Å²) in [5, 5.41) is 6.47. The molecule has 6 nitrogen and oxygen atoms in total. The summed E-state index contributed by atoms with van der Waals surface area (Å²) in [7, 11) is 0. The molecule has 0 radical (unpaired) electrons. The van der Waals surface area contributed by atoms with Crippen molar-refractivity contribution in [2.24, 2.45) is 0 Å². The number of ether oxygens (including phenoxy) is 1. The summed E-state index contributed by atoms with van der Waals surface area (Å²) < 4.78 is 20.2. The largest absolute Gasteiger partial charge is 0.484 e. The Morgan fingerprint density at radius 2 is 1.68 bits per heavy atom. The van der Waals surface area contributed by atoms with E-state index in [4.69, 9.17) is 4.74 Å². The third kappa shape index (κ3) is 7.92. The third-order valence-electron chi connectivity index (χ3n) is 7.38. The van der Waals surface area contributed by atoms with Crippen LogP contribution in [0.5, 0.6) is 5.75 Å². The van der Waals surface area contributed by atoms with Gasteiger partial charge in [0.2, 0.25) is 0 Å². The van der Waals surface area contributed by atoms with Gasteiger partial charge in [-0.15, -0.1) is 0 Å². The minimum absolute atomic E-state index is 0.0652. The first-order valence-electron chi connectivity index (χ1n) is 14.2. The highest BCUT2D eigenvalue weighted by Crippen LogP contribution is 2.27. The lowest BCUT2D eigenvalue weighted by atomic mass is 9.84. The van der Waals surface area contributed by atoms with Crippen molar-refractivity contribution < 1.29 is 18.7 Å². The van der Waals surface area contributed by atoms with Crippen LogP contribution in [-0.4, -0.2) is 38.1 Å². The number of carbonyl (C=O) groups is 2. The molecule has 1 heterocycles. The second-order valence-electron chi connectivity index (χ2n) is 11.0. The van der Waals surface area contributed by atoms with Crippen LogP contribution in [0.3, 0.4) is 0 Å². The van der Waals surface area contributed by atoms with Crippen molar-refractivity contribution >= 4 is 17.5 Å². The average Bonchev–Trinajstić information content (AvgIpc) is 2.95. The minimum Gasteiger partial charge on any atom is -0.484 e. The number of amides is 2. The van der Waals surface area contributed by atoms with E-state index < -0.39 is 5.41 Å². The quantitative estimate of drug-likeness (QED) is 0.382. The minimum atomic E-state index is -0.582. The second kappa shape index (κ2) is 14.1.